The monoisotopic (exact) mass is 470 g/mol. The third-order valence-corrected chi connectivity index (χ3v) is 5.81. The van der Waals surface area contributed by atoms with Crippen LogP contribution in [0.3, 0.4) is 0 Å². The highest BCUT2D eigenvalue weighted by molar-refractivity contribution is 5.95. The van der Waals surface area contributed by atoms with E-state index in [-0.39, 0.29) is 18.4 Å². The van der Waals surface area contributed by atoms with Gasteiger partial charge in [-0.15, -0.1) is 0 Å². The van der Waals surface area contributed by atoms with Crippen LogP contribution in [0.1, 0.15) is 21.6 Å². The minimum atomic E-state index is -0.105. The Balaban J connectivity index is 1.39. The molecule has 5 heterocycles. The summed E-state index contributed by atoms with van der Waals surface area (Å²) >= 11 is 0. The first-order valence-electron chi connectivity index (χ1n) is 10.9. The number of hydrogen-bond acceptors (Lipinski definition) is 9. The highest BCUT2D eigenvalue weighted by Crippen LogP contribution is 2.31. The molecule has 4 aromatic heterocycles. The number of ether oxygens (including phenoxy) is 1. The molecular weight excluding hydrogens is 448 g/mol. The van der Waals surface area contributed by atoms with Crippen molar-refractivity contribution in [3.8, 4) is 17.7 Å². The molecule has 4 aromatic rings. The number of fused-ring (bicyclic) bond motifs is 1. The number of hydrogen-bond donors (Lipinski definition) is 2. The molecule has 5 rings (SSSR count). The lowest BCUT2D eigenvalue weighted by Crippen LogP contribution is -2.51. The molecule has 0 atom stereocenters. The Morgan fingerprint density at radius 3 is 2.77 bits per heavy atom. The molecule has 1 aliphatic rings. The fourth-order valence-corrected chi connectivity index (χ4v) is 3.81. The molecule has 2 N–H and O–H groups in total. The van der Waals surface area contributed by atoms with Crippen molar-refractivity contribution in [3.05, 3.63) is 59.8 Å². The maximum Gasteiger partial charge on any atom is 0.255 e. The minimum Gasteiger partial charge on any atom is -0.437 e. The lowest BCUT2D eigenvalue weighted by molar-refractivity contribution is 0.0361. The van der Waals surface area contributed by atoms with E-state index in [0.717, 1.165) is 5.56 Å². The van der Waals surface area contributed by atoms with Crippen molar-refractivity contribution < 1.29 is 14.6 Å². The zero-order valence-electron chi connectivity index (χ0n) is 19.1. The largest absolute Gasteiger partial charge is 0.437 e. The second-order valence-electron chi connectivity index (χ2n) is 8.40. The normalized spacial score (nSPS) is 13.4. The van der Waals surface area contributed by atoms with Gasteiger partial charge in [-0.3, -0.25) is 4.79 Å². The van der Waals surface area contributed by atoms with Gasteiger partial charge in [0.25, 0.3) is 5.91 Å². The van der Waals surface area contributed by atoms with Gasteiger partial charge in [-0.25, -0.2) is 15.0 Å². The average molecular weight is 470 g/mol. The van der Waals surface area contributed by atoms with Crippen molar-refractivity contribution in [3.63, 3.8) is 0 Å². The smallest absolute Gasteiger partial charge is 0.255 e. The summed E-state index contributed by atoms with van der Waals surface area (Å²) in [5.41, 5.74) is 3.41. The number of imidazole rings is 1. The number of amides is 1. The number of carbonyl (C=O) groups excluding carboxylic acids is 1. The molecule has 0 unspecified atom stereocenters. The average Bonchev–Trinajstić information content (AvgIpc) is 3.21. The highest BCUT2D eigenvalue weighted by atomic mass is 16.5. The lowest BCUT2D eigenvalue weighted by atomic mass is 10.0. The fourth-order valence-electron chi connectivity index (χ4n) is 3.81. The zero-order valence-corrected chi connectivity index (χ0v) is 19.1. The molecule has 1 aliphatic heterocycles. The zero-order chi connectivity index (χ0) is 24.5. The summed E-state index contributed by atoms with van der Waals surface area (Å²) in [6, 6.07) is 8.80. The number of rotatable bonds is 6. The predicted octanol–water partition coefficient (Wildman–Crippen LogP) is 2.54. The van der Waals surface area contributed by atoms with Crippen LogP contribution in [-0.4, -0.2) is 60.1 Å². The summed E-state index contributed by atoms with van der Waals surface area (Å²) in [7, 11) is 1.83. The summed E-state index contributed by atoms with van der Waals surface area (Å²) in [5.74, 6) is 1.38. The first-order chi connectivity index (χ1) is 16.9. The highest BCUT2D eigenvalue weighted by Gasteiger charge is 2.30. The van der Waals surface area contributed by atoms with Crippen LogP contribution in [0.25, 0.3) is 11.2 Å². The minimum absolute atomic E-state index is 0.0891. The van der Waals surface area contributed by atoms with E-state index in [4.69, 9.17) is 15.1 Å². The SMILES string of the molecule is Cc1cc(C#N)ncc1Oc1cc(Nc2ccc(C(=O)N3CC(CO)C3)cn2)c2ncn(C)c2n1. The molecule has 0 spiro atoms. The van der Waals surface area contributed by atoms with Gasteiger partial charge >= 0.3 is 0 Å². The maximum absolute atomic E-state index is 12.5. The number of aliphatic hydroxyl groups is 1. The van der Waals surface area contributed by atoms with Crippen LogP contribution in [-0.2, 0) is 7.05 Å². The van der Waals surface area contributed by atoms with Crippen LogP contribution in [0, 0.1) is 24.2 Å². The molecular formula is C24H22N8O3. The van der Waals surface area contributed by atoms with E-state index in [9.17, 15) is 4.79 Å². The number of pyridine rings is 3. The number of anilines is 2. The number of aliphatic hydroxyl groups excluding tert-OH is 1. The Labute approximate surface area is 200 Å². The Kier molecular flexibility index (Phi) is 5.72. The second-order valence-corrected chi connectivity index (χ2v) is 8.40. The van der Waals surface area contributed by atoms with Gasteiger partial charge in [-0.2, -0.15) is 10.2 Å². The second kappa shape index (κ2) is 9.00. The van der Waals surface area contributed by atoms with Crippen molar-refractivity contribution >= 4 is 28.6 Å². The van der Waals surface area contributed by atoms with Crippen molar-refractivity contribution in [2.75, 3.05) is 25.0 Å². The lowest BCUT2D eigenvalue weighted by Gasteiger charge is -2.38. The van der Waals surface area contributed by atoms with Crippen LogP contribution < -0.4 is 10.1 Å². The van der Waals surface area contributed by atoms with Crippen LogP contribution in [0.15, 0.2) is 43.0 Å². The Bertz CT molecular complexity index is 1450. The van der Waals surface area contributed by atoms with E-state index in [1.165, 1.54) is 12.4 Å². The van der Waals surface area contributed by atoms with Gasteiger partial charge in [0.15, 0.2) is 11.4 Å². The van der Waals surface area contributed by atoms with E-state index >= 15 is 0 Å². The first kappa shape index (κ1) is 22.2. The number of carbonyl (C=O) groups is 1. The molecule has 0 aliphatic carbocycles. The van der Waals surface area contributed by atoms with Crippen molar-refractivity contribution in [2.24, 2.45) is 13.0 Å². The molecule has 176 valence electrons. The molecule has 0 aromatic carbocycles. The van der Waals surface area contributed by atoms with Gasteiger partial charge in [-0.1, -0.05) is 0 Å². The topological polar surface area (TPSA) is 142 Å². The summed E-state index contributed by atoms with van der Waals surface area (Å²) in [4.78, 5) is 31.7. The van der Waals surface area contributed by atoms with Gasteiger partial charge in [0.05, 0.1) is 23.8 Å². The quantitative estimate of drug-likeness (QED) is 0.435. The van der Waals surface area contributed by atoms with Crippen LogP contribution in [0.2, 0.25) is 0 Å². The molecule has 1 amide bonds. The number of aromatic nitrogens is 5. The van der Waals surface area contributed by atoms with Gasteiger partial charge in [-0.05, 0) is 30.7 Å². The summed E-state index contributed by atoms with van der Waals surface area (Å²) in [6.07, 6.45) is 4.67. The first-order valence-corrected chi connectivity index (χ1v) is 10.9. The van der Waals surface area contributed by atoms with Crippen molar-refractivity contribution in [1.29, 1.82) is 5.26 Å². The summed E-state index contributed by atoms with van der Waals surface area (Å²) in [6.45, 7) is 3.03. The Morgan fingerprint density at radius 1 is 1.26 bits per heavy atom. The molecule has 0 bridgehead atoms. The van der Waals surface area contributed by atoms with E-state index in [1.807, 2.05) is 20.0 Å². The van der Waals surface area contributed by atoms with Gasteiger partial charge in [0, 0.05) is 44.9 Å². The Hall–Kier alpha value is -4.56. The summed E-state index contributed by atoms with van der Waals surface area (Å²) < 4.78 is 7.76. The van der Waals surface area contributed by atoms with Crippen molar-refractivity contribution in [1.82, 2.24) is 29.4 Å². The van der Waals surface area contributed by atoms with E-state index < -0.39 is 0 Å². The number of likely N-dealkylation sites (tertiary alicyclic amines) is 1. The molecule has 1 fully saturated rings. The van der Waals surface area contributed by atoms with E-state index in [1.54, 1.807) is 40.1 Å². The standard InChI is InChI=1S/C24H22N8O3/c1-14-5-17(7-25)26-9-19(14)35-21-6-18(22-23(30-21)31(2)13-28-22)29-20-4-3-16(8-27-20)24(34)32-10-15(11-32)12-33/h3-6,8-9,13,15,33H,10-12H2,1-2H3,(H,27,29,30). The van der Waals surface area contributed by atoms with Gasteiger partial charge < -0.3 is 24.6 Å². The van der Waals surface area contributed by atoms with E-state index in [2.05, 4.69) is 25.3 Å². The summed E-state index contributed by atoms with van der Waals surface area (Å²) in [5, 5.41) is 21.4. The molecule has 11 nitrogen and oxygen atoms in total. The van der Waals surface area contributed by atoms with E-state index in [0.29, 0.717) is 58.6 Å². The van der Waals surface area contributed by atoms with Gasteiger partial charge in [0.1, 0.15) is 23.1 Å². The Morgan fingerprint density at radius 2 is 2.09 bits per heavy atom. The number of aryl methyl sites for hydroxylation is 2. The molecule has 1 saturated heterocycles. The van der Waals surface area contributed by atoms with Crippen LogP contribution in [0.5, 0.6) is 11.6 Å². The van der Waals surface area contributed by atoms with Crippen LogP contribution in [0.4, 0.5) is 11.5 Å². The number of nitriles is 1. The fraction of sp³-hybridized carbons (Fsp3) is 0.250. The van der Waals surface area contributed by atoms with Crippen molar-refractivity contribution in [2.45, 2.75) is 6.92 Å². The third-order valence-electron chi connectivity index (χ3n) is 5.81. The number of nitrogens with zero attached hydrogens (tertiary/aromatic N) is 7. The maximum atomic E-state index is 12.5. The third kappa shape index (κ3) is 4.34. The van der Waals surface area contributed by atoms with Crippen LogP contribution >= 0.6 is 0 Å². The molecule has 35 heavy (non-hydrogen) atoms. The molecule has 11 heteroatoms. The molecule has 0 saturated carbocycles. The van der Waals surface area contributed by atoms with Gasteiger partial charge in [0.2, 0.25) is 5.88 Å². The molecule has 0 radical (unpaired) electrons. The number of nitrogens with one attached hydrogen (secondary N) is 1. The predicted molar refractivity (Wildman–Crippen MR) is 126 cm³/mol.